The summed E-state index contributed by atoms with van der Waals surface area (Å²) in [5.41, 5.74) is -0.442. The minimum absolute atomic E-state index is 0.0462. The number of hydrogen-bond donors (Lipinski definition) is 1. The van der Waals surface area contributed by atoms with Gasteiger partial charge in [0.15, 0.2) is 11.5 Å². The van der Waals surface area contributed by atoms with Crippen molar-refractivity contribution in [1.29, 1.82) is 0 Å². The zero-order valence-corrected chi connectivity index (χ0v) is 10.2. The first-order valence-corrected chi connectivity index (χ1v) is 5.06. The van der Waals surface area contributed by atoms with E-state index in [0.29, 0.717) is 0 Å². The average molecular weight is 269 g/mol. The van der Waals surface area contributed by atoms with Crippen LogP contribution in [-0.2, 0) is 16.0 Å². The number of benzene rings is 1. The molecule has 0 fully saturated rings. The summed E-state index contributed by atoms with van der Waals surface area (Å²) in [5, 5.41) is 19.4. The third kappa shape index (κ3) is 3.18. The highest BCUT2D eigenvalue weighted by Crippen LogP contribution is 2.34. The summed E-state index contributed by atoms with van der Waals surface area (Å²) in [5.74, 6) is -2.48. The lowest BCUT2D eigenvalue weighted by Crippen LogP contribution is -2.16. The molecule has 0 spiro atoms. The molecule has 8 nitrogen and oxygen atoms in total. The molecular weight excluding hydrogens is 258 g/mol. The molecule has 0 unspecified atom stereocenters. The number of carbonyl (C=O) groups excluding carboxylic acids is 1. The van der Waals surface area contributed by atoms with E-state index >= 15 is 0 Å². The van der Waals surface area contributed by atoms with Gasteiger partial charge >= 0.3 is 5.97 Å². The number of ketones is 1. The molecule has 0 aliphatic rings. The number of ether oxygens (including phenoxy) is 2. The van der Waals surface area contributed by atoms with E-state index in [1.165, 1.54) is 20.3 Å². The van der Waals surface area contributed by atoms with Crippen molar-refractivity contribution in [3.05, 3.63) is 27.8 Å². The Morgan fingerprint density at radius 1 is 1.26 bits per heavy atom. The number of hydrogen-bond acceptors (Lipinski definition) is 6. The Morgan fingerprint density at radius 2 is 1.79 bits per heavy atom. The largest absolute Gasteiger partial charge is 0.493 e. The molecule has 8 heteroatoms. The molecular formula is C11H11NO7. The van der Waals surface area contributed by atoms with Gasteiger partial charge < -0.3 is 14.6 Å². The third-order valence-electron chi connectivity index (χ3n) is 2.37. The molecule has 0 saturated carbocycles. The number of nitro benzene ring substituents is 1. The second kappa shape index (κ2) is 5.80. The monoisotopic (exact) mass is 269 g/mol. The first-order valence-electron chi connectivity index (χ1n) is 5.06. The van der Waals surface area contributed by atoms with Gasteiger partial charge in [-0.25, -0.2) is 4.79 Å². The maximum atomic E-state index is 11.1. The van der Waals surface area contributed by atoms with Gasteiger partial charge in [-0.2, -0.15) is 0 Å². The van der Waals surface area contributed by atoms with E-state index in [-0.39, 0.29) is 17.1 Å². The molecule has 102 valence electrons. The summed E-state index contributed by atoms with van der Waals surface area (Å²) in [4.78, 5) is 31.8. The van der Waals surface area contributed by atoms with Crippen LogP contribution in [0.25, 0.3) is 0 Å². The lowest BCUT2D eigenvalue weighted by Gasteiger charge is -2.09. The van der Waals surface area contributed by atoms with Crippen LogP contribution < -0.4 is 9.47 Å². The fraction of sp³-hybridized carbons (Fsp3) is 0.273. The fourth-order valence-electron chi connectivity index (χ4n) is 1.47. The molecule has 0 atom stereocenters. The Hall–Kier alpha value is -2.64. The van der Waals surface area contributed by atoms with Gasteiger partial charge in [0.25, 0.3) is 5.69 Å². The van der Waals surface area contributed by atoms with Crippen molar-refractivity contribution < 1.29 is 29.1 Å². The minimum Gasteiger partial charge on any atom is -0.493 e. The van der Waals surface area contributed by atoms with Gasteiger partial charge in [-0.3, -0.25) is 14.9 Å². The number of aliphatic carboxylic acids is 1. The van der Waals surface area contributed by atoms with Crippen molar-refractivity contribution in [2.24, 2.45) is 0 Å². The molecule has 0 saturated heterocycles. The molecule has 0 amide bonds. The maximum Gasteiger partial charge on any atom is 0.372 e. The van der Waals surface area contributed by atoms with Gasteiger partial charge in [-0.05, 0) is 6.07 Å². The van der Waals surface area contributed by atoms with E-state index in [9.17, 15) is 19.7 Å². The normalized spacial score (nSPS) is 9.79. The zero-order valence-electron chi connectivity index (χ0n) is 10.2. The van der Waals surface area contributed by atoms with Gasteiger partial charge in [-0.15, -0.1) is 0 Å². The maximum absolute atomic E-state index is 11.1. The predicted molar refractivity (Wildman–Crippen MR) is 62.5 cm³/mol. The standard InChI is InChI=1S/C11H11NO7/c1-18-9-4-6(3-8(13)11(14)15)7(12(16)17)5-10(9)19-2/h4-5H,3H2,1-2H3,(H,14,15). The van der Waals surface area contributed by atoms with Crippen LogP contribution in [0, 0.1) is 10.1 Å². The first kappa shape index (κ1) is 14.4. The van der Waals surface area contributed by atoms with E-state index in [0.717, 1.165) is 6.07 Å². The number of nitro groups is 1. The molecule has 0 aliphatic carbocycles. The van der Waals surface area contributed by atoms with Crippen LogP contribution in [0.4, 0.5) is 5.69 Å². The van der Waals surface area contributed by atoms with Crippen molar-refractivity contribution >= 4 is 17.4 Å². The summed E-state index contributed by atoms with van der Waals surface area (Å²) < 4.78 is 9.85. The highest BCUT2D eigenvalue weighted by atomic mass is 16.6. The van der Waals surface area contributed by atoms with E-state index in [2.05, 4.69) is 0 Å². The molecule has 1 aromatic carbocycles. The Labute approximate surface area is 107 Å². The SMILES string of the molecule is COc1cc(CC(=O)C(=O)O)c([N+](=O)[O-])cc1OC. The van der Waals surface area contributed by atoms with Gasteiger partial charge in [0, 0.05) is 12.0 Å². The van der Waals surface area contributed by atoms with Crippen LogP contribution in [0.1, 0.15) is 5.56 Å². The number of rotatable bonds is 6. The van der Waals surface area contributed by atoms with Crippen molar-refractivity contribution in [2.45, 2.75) is 6.42 Å². The van der Waals surface area contributed by atoms with Gasteiger partial charge in [-0.1, -0.05) is 0 Å². The predicted octanol–water partition coefficient (Wildman–Crippen LogP) is 0.808. The van der Waals surface area contributed by atoms with E-state index < -0.39 is 28.8 Å². The van der Waals surface area contributed by atoms with Crippen molar-refractivity contribution in [1.82, 2.24) is 0 Å². The topological polar surface area (TPSA) is 116 Å². The van der Waals surface area contributed by atoms with Gasteiger partial charge in [0.2, 0.25) is 5.78 Å². The summed E-state index contributed by atoms with van der Waals surface area (Å²) >= 11 is 0. The molecule has 19 heavy (non-hydrogen) atoms. The highest BCUT2D eigenvalue weighted by Gasteiger charge is 2.23. The van der Waals surface area contributed by atoms with Crippen LogP contribution in [0.15, 0.2) is 12.1 Å². The number of carboxylic acids is 1. The zero-order chi connectivity index (χ0) is 14.6. The molecule has 1 N–H and O–H groups in total. The Morgan fingerprint density at radius 3 is 2.21 bits per heavy atom. The van der Waals surface area contributed by atoms with Crippen molar-refractivity contribution in [3.8, 4) is 11.5 Å². The second-order valence-corrected chi connectivity index (χ2v) is 3.50. The Bertz CT molecular complexity index is 538. The van der Waals surface area contributed by atoms with E-state index in [4.69, 9.17) is 14.6 Å². The summed E-state index contributed by atoms with van der Waals surface area (Å²) in [6.45, 7) is 0. The Kier molecular flexibility index (Phi) is 4.41. The lowest BCUT2D eigenvalue weighted by molar-refractivity contribution is -0.385. The first-order chi connectivity index (χ1) is 8.90. The summed E-state index contributed by atoms with van der Waals surface area (Å²) in [6.07, 6.45) is -0.591. The highest BCUT2D eigenvalue weighted by molar-refractivity contribution is 6.33. The quantitative estimate of drug-likeness (QED) is 0.461. The van der Waals surface area contributed by atoms with Crippen molar-refractivity contribution in [2.75, 3.05) is 14.2 Å². The van der Waals surface area contributed by atoms with Crippen LogP contribution in [0.3, 0.4) is 0 Å². The number of carboxylic acid groups (broad SMARTS) is 1. The number of Topliss-reactive ketones (excluding diaryl/α,β-unsaturated/α-hetero) is 1. The average Bonchev–Trinajstić information content (AvgIpc) is 2.37. The Balaban J connectivity index is 3.31. The molecule has 0 heterocycles. The van der Waals surface area contributed by atoms with E-state index in [1.807, 2.05) is 0 Å². The fourth-order valence-corrected chi connectivity index (χ4v) is 1.47. The molecule has 0 radical (unpaired) electrons. The van der Waals surface area contributed by atoms with Crippen LogP contribution >= 0.6 is 0 Å². The van der Waals surface area contributed by atoms with Crippen LogP contribution in [-0.4, -0.2) is 36.0 Å². The molecule has 1 aromatic rings. The summed E-state index contributed by atoms with van der Waals surface area (Å²) in [6, 6.07) is 2.31. The molecule has 0 aromatic heterocycles. The third-order valence-corrected chi connectivity index (χ3v) is 2.37. The van der Waals surface area contributed by atoms with Gasteiger partial charge in [0.05, 0.1) is 25.2 Å². The van der Waals surface area contributed by atoms with Crippen LogP contribution in [0.5, 0.6) is 11.5 Å². The molecule has 0 bridgehead atoms. The van der Waals surface area contributed by atoms with Gasteiger partial charge in [0.1, 0.15) is 0 Å². The number of nitrogens with zero attached hydrogens (tertiary/aromatic N) is 1. The molecule has 1 rings (SSSR count). The number of carbonyl (C=O) groups is 2. The van der Waals surface area contributed by atoms with E-state index in [1.54, 1.807) is 0 Å². The molecule has 0 aliphatic heterocycles. The minimum atomic E-state index is -1.65. The second-order valence-electron chi connectivity index (χ2n) is 3.50. The van der Waals surface area contributed by atoms with Crippen LogP contribution in [0.2, 0.25) is 0 Å². The smallest absolute Gasteiger partial charge is 0.372 e. The lowest BCUT2D eigenvalue weighted by atomic mass is 10.1. The number of methoxy groups -OCH3 is 2. The van der Waals surface area contributed by atoms with Crippen molar-refractivity contribution in [3.63, 3.8) is 0 Å². The summed E-state index contributed by atoms with van der Waals surface area (Å²) in [7, 11) is 2.64.